The summed E-state index contributed by atoms with van der Waals surface area (Å²) in [6.45, 7) is 0.0158. The third-order valence-electron chi connectivity index (χ3n) is 4.85. The molecule has 1 heterocycles. The van der Waals surface area contributed by atoms with E-state index in [0.717, 1.165) is 28.5 Å². The van der Waals surface area contributed by atoms with Gasteiger partial charge in [-0.2, -0.15) is 0 Å². The Morgan fingerprint density at radius 1 is 1.03 bits per heavy atom. The maximum Gasteiger partial charge on any atom is 0.306 e. The van der Waals surface area contributed by atoms with Gasteiger partial charge in [-0.3, -0.25) is 9.59 Å². The molecule has 31 heavy (non-hydrogen) atoms. The summed E-state index contributed by atoms with van der Waals surface area (Å²) in [5, 5.41) is 8.87. The van der Waals surface area contributed by atoms with Crippen molar-refractivity contribution < 1.29 is 22.7 Å². The summed E-state index contributed by atoms with van der Waals surface area (Å²) in [6.07, 6.45) is 4.08. The van der Waals surface area contributed by atoms with Crippen LogP contribution < -0.4 is 10.5 Å². The van der Waals surface area contributed by atoms with Gasteiger partial charge in [-0.25, -0.2) is 13.6 Å². The number of aromatic nitrogens is 1. The van der Waals surface area contributed by atoms with Crippen molar-refractivity contribution >= 4 is 32.8 Å². The van der Waals surface area contributed by atoms with Crippen LogP contribution in [0.4, 0.5) is 0 Å². The van der Waals surface area contributed by atoms with Crippen LogP contribution in [0.25, 0.3) is 10.9 Å². The number of esters is 1. The lowest BCUT2D eigenvalue weighted by Gasteiger charge is -2.07. The number of primary sulfonamides is 1. The highest BCUT2D eigenvalue weighted by Gasteiger charge is 2.10. The zero-order valence-electron chi connectivity index (χ0n) is 17.0. The average molecular weight is 444 g/mol. The van der Waals surface area contributed by atoms with E-state index >= 15 is 0 Å². The van der Waals surface area contributed by atoms with Crippen molar-refractivity contribution in [2.24, 2.45) is 5.14 Å². The first kappa shape index (κ1) is 22.5. The molecular formula is C22H25N3O5S. The molecule has 0 saturated heterocycles. The quantitative estimate of drug-likeness (QED) is 0.413. The first-order valence-corrected chi connectivity index (χ1v) is 11.5. The van der Waals surface area contributed by atoms with Crippen molar-refractivity contribution in [1.82, 2.24) is 10.3 Å². The van der Waals surface area contributed by atoms with Gasteiger partial charge in [0, 0.05) is 30.1 Å². The lowest BCUT2D eigenvalue weighted by atomic mass is 10.1. The van der Waals surface area contributed by atoms with Crippen LogP contribution in [0.15, 0.2) is 59.6 Å². The Balaban J connectivity index is 1.31. The molecule has 0 radical (unpaired) electrons. The van der Waals surface area contributed by atoms with Crippen LogP contribution in [0.1, 0.15) is 24.0 Å². The van der Waals surface area contributed by atoms with Crippen molar-refractivity contribution in [2.45, 2.75) is 30.6 Å². The predicted octanol–water partition coefficient (Wildman–Crippen LogP) is 2.04. The van der Waals surface area contributed by atoms with E-state index in [-0.39, 0.29) is 23.8 Å². The number of hydrogen-bond donors (Lipinski definition) is 3. The van der Waals surface area contributed by atoms with Crippen LogP contribution in [-0.2, 0) is 37.2 Å². The minimum Gasteiger partial charge on any atom is -0.456 e. The number of rotatable bonds is 10. The summed E-state index contributed by atoms with van der Waals surface area (Å²) in [4.78, 5) is 27.0. The Morgan fingerprint density at radius 2 is 1.77 bits per heavy atom. The van der Waals surface area contributed by atoms with E-state index in [0.29, 0.717) is 19.4 Å². The third kappa shape index (κ3) is 6.66. The molecule has 3 aromatic rings. The summed E-state index contributed by atoms with van der Waals surface area (Å²) < 4.78 is 27.5. The second-order valence-electron chi connectivity index (χ2n) is 7.16. The van der Waals surface area contributed by atoms with E-state index in [2.05, 4.69) is 10.3 Å². The zero-order valence-corrected chi connectivity index (χ0v) is 17.8. The van der Waals surface area contributed by atoms with Gasteiger partial charge in [0.1, 0.15) is 0 Å². The van der Waals surface area contributed by atoms with Gasteiger partial charge in [0.05, 0.1) is 4.90 Å². The van der Waals surface area contributed by atoms with E-state index in [4.69, 9.17) is 9.88 Å². The van der Waals surface area contributed by atoms with Crippen molar-refractivity contribution in [1.29, 1.82) is 0 Å². The average Bonchev–Trinajstić information content (AvgIpc) is 3.15. The number of carbonyl (C=O) groups is 2. The van der Waals surface area contributed by atoms with E-state index in [1.165, 1.54) is 12.1 Å². The molecule has 0 aliphatic heterocycles. The Bertz CT molecular complexity index is 1150. The first-order valence-electron chi connectivity index (χ1n) is 9.92. The molecule has 9 heteroatoms. The summed E-state index contributed by atoms with van der Waals surface area (Å²) in [6, 6.07) is 14.1. The molecule has 0 unspecified atom stereocenters. The molecule has 0 spiro atoms. The molecule has 4 N–H and O–H groups in total. The van der Waals surface area contributed by atoms with Gasteiger partial charge in [-0.05, 0) is 48.6 Å². The summed E-state index contributed by atoms with van der Waals surface area (Å²) in [7, 11) is -3.72. The maximum absolute atomic E-state index is 11.9. The van der Waals surface area contributed by atoms with Crippen LogP contribution in [-0.4, -0.2) is 38.4 Å². The number of ether oxygens (including phenoxy) is 1. The van der Waals surface area contributed by atoms with E-state index < -0.39 is 16.0 Å². The Hall–Kier alpha value is -3.17. The topological polar surface area (TPSA) is 131 Å². The number of H-pyrrole nitrogens is 1. The van der Waals surface area contributed by atoms with Crippen LogP contribution >= 0.6 is 0 Å². The van der Waals surface area contributed by atoms with Crippen LogP contribution in [0, 0.1) is 0 Å². The van der Waals surface area contributed by atoms with Gasteiger partial charge >= 0.3 is 5.97 Å². The molecule has 3 rings (SSSR count). The van der Waals surface area contributed by atoms with Gasteiger partial charge < -0.3 is 15.0 Å². The number of aryl methyl sites for hydroxylation is 1. The van der Waals surface area contributed by atoms with Crippen LogP contribution in [0.5, 0.6) is 0 Å². The number of sulfonamides is 1. The molecule has 0 fully saturated rings. The monoisotopic (exact) mass is 443 g/mol. The second kappa shape index (κ2) is 10.2. The fourth-order valence-electron chi connectivity index (χ4n) is 3.22. The number of carbonyl (C=O) groups excluding carboxylic acids is 2. The first-order chi connectivity index (χ1) is 14.8. The molecule has 2 aromatic carbocycles. The Morgan fingerprint density at radius 3 is 2.52 bits per heavy atom. The fraction of sp³-hybridized carbons (Fsp3) is 0.273. The SMILES string of the molecule is NS(=O)(=O)c1ccc(CCNC(=O)COC(=O)CCCc2c[nH]c3ccccc23)cc1. The molecule has 0 aliphatic rings. The minimum atomic E-state index is -3.72. The van der Waals surface area contributed by atoms with Crippen molar-refractivity contribution in [3.63, 3.8) is 0 Å². The number of amides is 1. The maximum atomic E-state index is 11.9. The fourth-order valence-corrected chi connectivity index (χ4v) is 3.74. The molecule has 8 nitrogen and oxygen atoms in total. The number of aromatic amines is 1. The standard InChI is InChI=1S/C22H25N3O5S/c23-31(28,29)18-10-8-16(9-11-18)12-13-24-21(26)15-30-22(27)7-3-4-17-14-25-20-6-2-1-5-19(17)20/h1-2,5-6,8-11,14,25H,3-4,7,12-13,15H2,(H,24,26)(H2,23,28,29). The Labute approximate surface area is 180 Å². The number of fused-ring (bicyclic) bond motifs is 1. The van der Waals surface area contributed by atoms with Crippen molar-refractivity contribution in [3.8, 4) is 0 Å². The summed E-state index contributed by atoms with van der Waals surface area (Å²) in [5.41, 5.74) is 3.07. The second-order valence-corrected chi connectivity index (χ2v) is 8.72. The highest BCUT2D eigenvalue weighted by atomic mass is 32.2. The lowest BCUT2D eigenvalue weighted by molar-refractivity contribution is -0.148. The van der Waals surface area contributed by atoms with Gasteiger partial charge in [0.2, 0.25) is 10.0 Å². The normalized spacial score (nSPS) is 11.4. The predicted molar refractivity (Wildman–Crippen MR) is 117 cm³/mol. The van der Waals surface area contributed by atoms with Gasteiger partial charge in [0.15, 0.2) is 6.61 Å². The summed E-state index contributed by atoms with van der Waals surface area (Å²) in [5.74, 6) is -0.792. The van der Waals surface area contributed by atoms with Crippen molar-refractivity contribution in [2.75, 3.05) is 13.2 Å². The number of nitrogens with two attached hydrogens (primary N) is 1. The molecular weight excluding hydrogens is 418 g/mol. The minimum absolute atomic E-state index is 0.0388. The van der Waals surface area contributed by atoms with Crippen LogP contribution in [0.2, 0.25) is 0 Å². The molecule has 1 aromatic heterocycles. The van der Waals surface area contributed by atoms with Gasteiger partial charge in [-0.15, -0.1) is 0 Å². The molecule has 0 saturated carbocycles. The molecule has 0 bridgehead atoms. The number of para-hydroxylation sites is 1. The highest BCUT2D eigenvalue weighted by molar-refractivity contribution is 7.89. The molecule has 0 atom stereocenters. The number of benzene rings is 2. The van der Waals surface area contributed by atoms with E-state index in [9.17, 15) is 18.0 Å². The molecule has 1 amide bonds. The number of nitrogens with one attached hydrogen (secondary N) is 2. The lowest BCUT2D eigenvalue weighted by Crippen LogP contribution is -2.30. The van der Waals surface area contributed by atoms with Gasteiger partial charge in [0.25, 0.3) is 5.91 Å². The Kier molecular flexibility index (Phi) is 7.43. The zero-order chi connectivity index (χ0) is 22.3. The highest BCUT2D eigenvalue weighted by Crippen LogP contribution is 2.19. The smallest absolute Gasteiger partial charge is 0.306 e. The van der Waals surface area contributed by atoms with E-state index in [1.54, 1.807) is 12.1 Å². The molecule has 164 valence electrons. The largest absolute Gasteiger partial charge is 0.456 e. The summed E-state index contributed by atoms with van der Waals surface area (Å²) >= 11 is 0. The van der Waals surface area contributed by atoms with Gasteiger partial charge in [-0.1, -0.05) is 30.3 Å². The number of hydrogen-bond acceptors (Lipinski definition) is 5. The third-order valence-corrected chi connectivity index (χ3v) is 5.78. The van der Waals surface area contributed by atoms with Crippen LogP contribution in [0.3, 0.4) is 0 Å². The van der Waals surface area contributed by atoms with E-state index in [1.807, 2.05) is 30.5 Å². The van der Waals surface area contributed by atoms with Crippen molar-refractivity contribution in [3.05, 3.63) is 65.9 Å². The molecule has 0 aliphatic carbocycles.